The third-order valence-electron chi connectivity index (χ3n) is 2.13. The minimum atomic E-state index is -3.41. The third-order valence-corrected chi connectivity index (χ3v) is 3.62. The van der Waals surface area contributed by atoms with Gasteiger partial charge in [0, 0.05) is 18.0 Å². The molecule has 1 unspecified atom stereocenters. The topological polar surface area (TPSA) is 83.5 Å². The van der Waals surface area contributed by atoms with Crippen molar-refractivity contribution in [2.45, 2.75) is 12.2 Å². The Hall–Kier alpha value is -1.56. The lowest BCUT2D eigenvalue weighted by atomic mass is 10.3. The van der Waals surface area contributed by atoms with E-state index in [1.54, 1.807) is 12.1 Å². The zero-order valence-corrected chi connectivity index (χ0v) is 9.78. The number of aromatic hydroxyl groups is 1. The number of amides is 1. The highest BCUT2D eigenvalue weighted by atomic mass is 32.2. The van der Waals surface area contributed by atoms with E-state index in [2.05, 4.69) is 5.32 Å². The standard InChI is InChI=1S/C10H13NO4S/c1-7(16(2,14)15)10(13)11-8-4-3-5-9(12)6-8/h3-7,12H,1-2H3,(H,11,13). The number of hydrogen-bond donors (Lipinski definition) is 2. The van der Waals surface area contributed by atoms with Crippen LogP contribution in [0.4, 0.5) is 5.69 Å². The predicted octanol–water partition coefficient (Wildman–Crippen LogP) is 0.764. The number of carbonyl (C=O) groups excluding carboxylic acids is 1. The van der Waals surface area contributed by atoms with Crippen molar-refractivity contribution in [2.75, 3.05) is 11.6 Å². The van der Waals surface area contributed by atoms with Gasteiger partial charge in [0.25, 0.3) is 0 Å². The van der Waals surface area contributed by atoms with Crippen LogP contribution in [0.5, 0.6) is 5.75 Å². The molecule has 0 aliphatic heterocycles. The van der Waals surface area contributed by atoms with Crippen molar-refractivity contribution in [3.05, 3.63) is 24.3 Å². The Kier molecular flexibility index (Phi) is 3.54. The van der Waals surface area contributed by atoms with E-state index in [4.69, 9.17) is 5.11 Å². The van der Waals surface area contributed by atoms with E-state index in [1.165, 1.54) is 19.1 Å². The molecule has 1 aromatic carbocycles. The monoisotopic (exact) mass is 243 g/mol. The minimum Gasteiger partial charge on any atom is -0.508 e. The molecule has 0 saturated carbocycles. The lowest BCUT2D eigenvalue weighted by Crippen LogP contribution is -2.31. The molecule has 0 heterocycles. The van der Waals surface area contributed by atoms with Crippen molar-refractivity contribution in [3.8, 4) is 5.75 Å². The van der Waals surface area contributed by atoms with Gasteiger partial charge in [0.1, 0.15) is 11.0 Å². The van der Waals surface area contributed by atoms with E-state index < -0.39 is 21.0 Å². The van der Waals surface area contributed by atoms with Gasteiger partial charge in [-0.15, -0.1) is 0 Å². The van der Waals surface area contributed by atoms with Crippen LogP contribution in [0.25, 0.3) is 0 Å². The van der Waals surface area contributed by atoms with Crippen molar-refractivity contribution < 1.29 is 18.3 Å². The Bertz CT molecular complexity index is 495. The van der Waals surface area contributed by atoms with Crippen LogP contribution in [0.3, 0.4) is 0 Å². The Labute approximate surface area is 94.0 Å². The first-order valence-corrected chi connectivity index (χ1v) is 6.55. The van der Waals surface area contributed by atoms with Gasteiger partial charge in [-0.3, -0.25) is 4.79 Å². The predicted molar refractivity (Wildman–Crippen MR) is 61.0 cm³/mol. The molecule has 0 radical (unpaired) electrons. The van der Waals surface area contributed by atoms with E-state index in [0.717, 1.165) is 6.26 Å². The first-order chi connectivity index (χ1) is 7.30. The van der Waals surface area contributed by atoms with Gasteiger partial charge in [-0.2, -0.15) is 0 Å². The summed E-state index contributed by atoms with van der Waals surface area (Å²) < 4.78 is 22.2. The number of hydrogen-bond acceptors (Lipinski definition) is 4. The summed E-state index contributed by atoms with van der Waals surface area (Å²) in [6.45, 7) is 1.31. The first-order valence-electron chi connectivity index (χ1n) is 4.59. The number of carbonyl (C=O) groups is 1. The van der Waals surface area contributed by atoms with Crippen LogP contribution in [0.2, 0.25) is 0 Å². The summed E-state index contributed by atoms with van der Waals surface area (Å²) >= 11 is 0. The van der Waals surface area contributed by atoms with Gasteiger partial charge in [0.15, 0.2) is 9.84 Å². The second-order valence-corrected chi connectivity index (χ2v) is 5.88. The van der Waals surface area contributed by atoms with E-state index in [-0.39, 0.29) is 5.75 Å². The average Bonchev–Trinajstić information content (AvgIpc) is 2.15. The number of sulfone groups is 1. The molecule has 0 spiro atoms. The van der Waals surface area contributed by atoms with Crippen LogP contribution >= 0.6 is 0 Å². The molecule has 2 N–H and O–H groups in total. The summed E-state index contributed by atoms with van der Waals surface area (Å²) in [6, 6.07) is 5.91. The van der Waals surface area contributed by atoms with E-state index >= 15 is 0 Å². The van der Waals surface area contributed by atoms with Crippen molar-refractivity contribution in [1.82, 2.24) is 0 Å². The second-order valence-electron chi connectivity index (χ2n) is 3.51. The molecule has 0 fully saturated rings. The molecule has 1 amide bonds. The molecule has 0 aliphatic rings. The van der Waals surface area contributed by atoms with Gasteiger partial charge in [0.2, 0.25) is 5.91 Å². The van der Waals surface area contributed by atoms with Crippen molar-refractivity contribution in [1.29, 1.82) is 0 Å². The molecule has 88 valence electrons. The summed E-state index contributed by atoms with van der Waals surface area (Å²) in [5.41, 5.74) is 0.362. The highest BCUT2D eigenvalue weighted by Crippen LogP contribution is 2.16. The highest BCUT2D eigenvalue weighted by molar-refractivity contribution is 7.92. The molecule has 6 heteroatoms. The van der Waals surface area contributed by atoms with Gasteiger partial charge in [-0.1, -0.05) is 6.07 Å². The maximum Gasteiger partial charge on any atom is 0.242 e. The molecule has 0 aliphatic carbocycles. The largest absolute Gasteiger partial charge is 0.508 e. The zero-order chi connectivity index (χ0) is 12.3. The fourth-order valence-electron chi connectivity index (χ4n) is 1.02. The molecule has 1 atom stereocenters. The summed E-state index contributed by atoms with van der Waals surface area (Å²) in [4.78, 5) is 11.5. The van der Waals surface area contributed by atoms with Crippen LogP contribution in [0.1, 0.15) is 6.92 Å². The van der Waals surface area contributed by atoms with E-state index in [1.807, 2.05) is 0 Å². The molecular weight excluding hydrogens is 230 g/mol. The Balaban J connectivity index is 2.80. The highest BCUT2D eigenvalue weighted by Gasteiger charge is 2.23. The van der Waals surface area contributed by atoms with Crippen molar-refractivity contribution in [3.63, 3.8) is 0 Å². The van der Waals surface area contributed by atoms with Gasteiger partial charge < -0.3 is 10.4 Å². The number of rotatable bonds is 3. The van der Waals surface area contributed by atoms with E-state index in [9.17, 15) is 13.2 Å². The van der Waals surface area contributed by atoms with Crippen LogP contribution < -0.4 is 5.32 Å². The van der Waals surface area contributed by atoms with E-state index in [0.29, 0.717) is 5.69 Å². The minimum absolute atomic E-state index is 0.00445. The lowest BCUT2D eigenvalue weighted by molar-refractivity contribution is -0.115. The normalized spacial score (nSPS) is 13.1. The maximum absolute atomic E-state index is 11.5. The summed E-state index contributed by atoms with van der Waals surface area (Å²) in [5.74, 6) is -0.613. The molecule has 5 nitrogen and oxygen atoms in total. The number of nitrogens with one attached hydrogen (secondary N) is 1. The Morgan fingerprint density at radius 1 is 1.44 bits per heavy atom. The smallest absolute Gasteiger partial charge is 0.242 e. The van der Waals surface area contributed by atoms with Gasteiger partial charge in [-0.05, 0) is 19.1 Å². The van der Waals surface area contributed by atoms with Gasteiger partial charge >= 0.3 is 0 Å². The summed E-state index contributed by atoms with van der Waals surface area (Å²) in [7, 11) is -3.41. The first kappa shape index (κ1) is 12.5. The SMILES string of the molecule is CC(C(=O)Nc1cccc(O)c1)S(C)(=O)=O. The molecule has 0 saturated heterocycles. The third kappa shape index (κ3) is 3.23. The number of anilines is 1. The van der Waals surface area contributed by atoms with Crippen LogP contribution in [0.15, 0.2) is 24.3 Å². The van der Waals surface area contributed by atoms with Crippen molar-refractivity contribution >= 4 is 21.4 Å². The summed E-state index contributed by atoms with van der Waals surface area (Å²) in [6.07, 6.45) is 1.000. The van der Waals surface area contributed by atoms with Crippen LogP contribution in [-0.2, 0) is 14.6 Å². The zero-order valence-electron chi connectivity index (χ0n) is 8.97. The van der Waals surface area contributed by atoms with Gasteiger partial charge in [0.05, 0.1) is 0 Å². The molecular formula is C10H13NO4S. The lowest BCUT2D eigenvalue weighted by Gasteiger charge is -2.10. The number of benzene rings is 1. The molecule has 16 heavy (non-hydrogen) atoms. The summed E-state index contributed by atoms with van der Waals surface area (Å²) in [5, 5.41) is 10.4. The Morgan fingerprint density at radius 2 is 2.06 bits per heavy atom. The average molecular weight is 243 g/mol. The maximum atomic E-state index is 11.5. The molecule has 0 aromatic heterocycles. The second kappa shape index (κ2) is 4.52. The van der Waals surface area contributed by atoms with Crippen LogP contribution in [-0.4, -0.2) is 30.9 Å². The van der Waals surface area contributed by atoms with Crippen molar-refractivity contribution in [2.24, 2.45) is 0 Å². The Morgan fingerprint density at radius 3 is 2.56 bits per heavy atom. The molecule has 0 bridgehead atoms. The van der Waals surface area contributed by atoms with Crippen LogP contribution in [0, 0.1) is 0 Å². The number of phenols is 1. The number of phenolic OH excluding ortho intramolecular Hbond substituents is 1. The quantitative estimate of drug-likeness (QED) is 0.821. The fourth-order valence-corrected chi connectivity index (χ4v) is 1.47. The van der Waals surface area contributed by atoms with Gasteiger partial charge in [-0.25, -0.2) is 8.42 Å². The fraction of sp³-hybridized carbons (Fsp3) is 0.300. The molecule has 1 aromatic rings. The molecule has 1 rings (SSSR count).